The molecule has 40 heavy (non-hydrogen) atoms. The van der Waals surface area contributed by atoms with E-state index in [1.54, 1.807) is 0 Å². The van der Waals surface area contributed by atoms with E-state index in [4.69, 9.17) is 51.1 Å². The van der Waals surface area contributed by atoms with Crippen molar-refractivity contribution in [1.82, 2.24) is 0 Å². The molecule has 0 aromatic rings. The molecule has 0 aromatic heterocycles. The average Bonchev–Trinajstić information content (AvgIpc) is 2.93. The van der Waals surface area contributed by atoms with Crippen LogP contribution < -0.4 is 0 Å². The van der Waals surface area contributed by atoms with Crippen LogP contribution in [0.15, 0.2) is 0 Å². The molecule has 0 bridgehead atoms. The van der Waals surface area contributed by atoms with Gasteiger partial charge in [0, 0.05) is 22.3 Å². The van der Waals surface area contributed by atoms with E-state index in [1.807, 2.05) is 13.8 Å². The van der Waals surface area contributed by atoms with Crippen LogP contribution in [0.25, 0.3) is 0 Å². The van der Waals surface area contributed by atoms with Gasteiger partial charge in [-0.25, -0.2) is 0 Å². The van der Waals surface area contributed by atoms with Gasteiger partial charge in [-0.15, -0.1) is 0 Å². The number of hydrogen-bond donors (Lipinski definition) is 14. The first-order valence-corrected chi connectivity index (χ1v) is 14.1. The van der Waals surface area contributed by atoms with Crippen molar-refractivity contribution in [2.24, 2.45) is 10.8 Å². The Balaban J connectivity index is -0.0000000883. The van der Waals surface area contributed by atoms with Crippen molar-refractivity contribution in [3.8, 4) is 0 Å². The van der Waals surface area contributed by atoms with E-state index in [0.29, 0.717) is 24.3 Å². The van der Waals surface area contributed by atoms with E-state index < -0.39 is 34.7 Å². The molecule has 244 valence electrons. The standard InChI is InChI=1S/2C6H14O3.2C3H6O2S.2C2H4O2S/c2*1-2-6(3-7,4-8)5-9;2*4-3(5)1-2-6;2*3-2(4)1-5/h2*7-9H,2-5H2,1H3;2*6H,1-2H2,(H,4,5);2*5H,1H2,(H,3,4). The van der Waals surface area contributed by atoms with Crippen molar-refractivity contribution >= 4 is 74.4 Å². The van der Waals surface area contributed by atoms with Crippen molar-refractivity contribution in [2.45, 2.75) is 39.5 Å². The fourth-order valence-corrected chi connectivity index (χ4v) is 1.54. The van der Waals surface area contributed by atoms with E-state index in [-0.39, 0.29) is 64.0 Å². The Kier molecular flexibility index (Phi) is 49.2. The Morgan fingerprint density at radius 2 is 0.650 bits per heavy atom. The van der Waals surface area contributed by atoms with Crippen molar-refractivity contribution < 1.29 is 70.2 Å². The monoisotopic (exact) mass is 664 g/mol. The van der Waals surface area contributed by atoms with E-state index in [1.165, 1.54) is 0 Å². The molecule has 14 nitrogen and oxygen atoms in total. The Morgan fingerprint density at radius 3 is 0.650 bits per heavy atom. The van der Waals surface area contributed by atoms with Gasteiger partial charge in [0.15, 0.2) is 0 Å². The van der Waals surface area contributed by atoms with Crippen molar-refractivity contribution in [3.05, 3.63) is 0 Å². The summed E-state index contributed by atoms with van der Waals surface area (Å²) in [6.07, 6.45) is 1.50. The Hall–Kier alpha value is -0.960. The molecule has 0 aliphatic rings. The highest BCUT2D eigenvalue weighted by Crippen LogP contribution is 2.18. The zero-order chi connectivity index (χ0) is 33.2. The van der Waals surface area contributed by atoms with Gasteiger partial charge in [0.05, 0.1) is 64.0 Å². The molecule has 0 rings (SSSR count). The molecular formula is C22H48O14S4. The quantitative estimate of drug-likeness (QED) is 0.104. The van der Waals surface area contributed by atoms with Gasteiger partial charge in [-0.2, -0.15) is 50.5 Å². The number of carboxylic acids is 4. The SMILES string of the molecule is CCC(CO)(CO)CO.CCC(CO)(CO)CO.O=C(O)CCS.O=C(O)CCS.O=C(O)CS.O=C(O)CS. The van der Waals surface area contributed by atoms with Crippen LogP contribution in [0.4, 0.5) is 0 Å². The molecule has 0 unspecified atom stereocenters. The Labute approximate surface area is 257 Å². The molecule has 0 saturated heterocycles. The summed E-state index contributed by atoms with van der Waals surface area (Å²) in [6, 6.07) is 0. The summed E-state index contributed by atoms with van der Waals surface area (Å²) in [6.45, 7) is 2.71. The summed E-state index contributed by atoms with van der Waals surface area (Å²) in [4.78, 5) is 37.7. The minimum Gasteiger partial charge on any atom is -0.481 e. The molecular weight excluding hydrogens is 616 g/mol. The smallest absolute Gasteiger partial charge is 0.313 e. The molecule has 0 spiro atoms. The van der Waals surface area contributed by atoms with Gasteiger partial charge in [-0.05, 0) is 12.8 Å². The zero-order valence-electron chi connectivity index (χ0n) is 22.8. The van der Waals surface area contributed by atoms with Crippen LogP contribution in [0.1, 0.15) is 39.5 Å². The molecule has 0 aliphatic carbocycles. The molecule has 0 atom stereocenters. The third-order valence-corrected chi connectivity index (χ3v) is 5.42. The second-order valence-electron chi connectivity index (χ2n) is 7.49. The highest BCUT2D eigenvalue weighted by molar-refractivity contribution is 7.81. The predicted octanol–water partition coefficient (Wildman–Crippen LogP) is -0.497. The second kappa shape index (κ2) is 38.0. The second-order valence-corrected chi connectivity index (χ2v) is 9.02. The first-order chi connectivity index (χ1) is 18.6. The Bertz CT molecular complexity index is 505. The average molecular weight is 665 g/mol. The van der Waals surface area contributed by atoms with E-state index in [2.05, 4.69) is 50.5 Å². The summed E-state index contributed by atoms with van der Waals surface area (Å²) in [5.41, 5.74) is -1.33. The number of aliphatic hydroxyl groups is 6. The Morgan fingerprint density at radius 1 is 0.475 bits per heavy atom. The van der Waals surface area contributed by atoms with Gasteiger partial charge in [-0.3, -0.25) is 19.2 Å². The minimum atomic E-state index is -0.881. The van der Waals surface area contributed by atoms with Gasteiger partial charge < -0.3 is 51.1 Å². The third kappa shape index (κ3) is 44.1. The van der Waals surface area contributed by atoms with Crippen LogP contribution in [-0.2, 0) is 19.2 Å². The first kappa shape index (κ1) is 51.8. The maximum Gasteiger partial charge on any atom is 0.313 e. The zero-order valence-corrected chi connectivity index (χ0v) is 26.4. The van der Waals surface area contributed by atoms with Crippen molar-refractivity contribution in [3.63, 3.8) is 0 Å². The molecule has 0 fully saturated rings. The lowest BCUT2D eigenvalue weighted by Gasteiger charge is -2.24. The van der Waals surface area contributed by atoms with Crippen molar-refractivity contribution in [1.29, 1.82) is 0 Å². The first-order valence-electron chi connectivity index (χ1n) is 11.5. The topological polar surface area (TPSA) is 271 Å². The number of carbonyl (C=O) groups is 4. The largest absolute Gasteiger partial charge is 0.481 e. The molecule has 0 amide bonds. The normalized spacial score (nSPS) is 9.70. The fraction of sp³-hybridized carbons (Fsp3) is 0.818. The van der Waals surface area contributed by atoms with Crippen LogP contribution in [-0.4, -0.2) is 138 Å². The van der Waals surface area contributed by atoms with Crippen LogP contribution in [0.5, 0.6) is 0 Å². The lowest BCUT2D eigenvalue weighted by molar-refractivity contribution is -0.137. The van der Waals surface area contributed by atoms with Crippen LogP contribution in [0.3, 0.4) is 0 Å². The van der Waals surface area contributed by atoms with Crippen LogP contribution in [0.2, 0.25) is 0 Å². The summed E-state index contributed by atoms with van der Waals surface area (Å²) in [5, 5.41) is 83.0. The summed E-state index contributed by atoms with van der Waals surface area (Å²) in [7, 11) is 0. The molecule has 18 heteroatoms. The van der Waals surface area contributed by atoms with Gasteiger partial charge in [0.25, 0.3) is 0 Å². The summed E-state index contributed by atoms with van der Waals surface area (Å²) >= 11 is 14.2. The lowest BCUT2D eigenvalue weighted by atomic mass is 9.88. The van der Waals surface area contributed by atoms with E-state index in [9.17, 15) is 19.2 Å². The third-order valence-electron chi connectivity index (χ3n) is 4.43. The maximum absolute atomic E-state index is 9.55. The molecule has 0 saturated carbocycles. The molecule has 10 N–H and O–H groups in total. The minimum absolute atomic E-state index is 0.0833. The van der Waals surface area contributed by atoms with E-state index >= 15 is 0 Å². The maximum atomic E-state index is 9.55. The summed E-state index contributed by atoms with van der Waals surface area (Å²) < 4.78 is 0. The molecule has 0 heterocycles. The van der Waals surface area contributed by atoms with Gasteiger partial charge in [0.1, 0.15) is 0 Å². The molecule has 0 aromatic carbocycles. The predicted molar refractivity (Wildman–Crippen MR) is 163 cm³/mol. The van der Waals surface area contributed by atoms with Crippen LogP contribution >= 0.6 is 50.5 Å². The number of rotatable bonds is 14. The van der Waals surface area contributed by atoms with Gasteiger partial charge in [-0.1, -0.05) is 13.8 Å². The number of aliphatic carboxylic acids is 4. The van der Waals surface area contributed by atoms with Gasteiger partial charge in [0.2, 0.25) is 0 Å². The highest BCUT2D eigenvalue weighted by Gasteiger charge is 2.25. The van der Waals surface area contributed by atoms with Crippen molar-refractivity contribution in [2.75, 3.05) is 62.7 Å². The molecule has 0 radical (unpaired) electrons. The number of thiol groups is 4. The highest BCUT2D eigenvalue weighted by atomic mass is 32.1. The number of aliphatic hydroxyl groups excluding tert-OH is 6. The fourth-order valence-electron chi connectivity index (χ4n) is 1.16. The van der Waals surface area contributed by atoms with E-state index in [0.717, 1.165) is 0 Å². The molecule has 0 aliphatic heterocycles. The lowest BCUT2D eigenvalue weighted by Crippen LogP contribution is -2.32. The number of carboxylic acid groups (broad SMARTS) is 4. The summed E-state index contributed by atoms with van der Waals surface area (Å²) in [5.74, 6) is -2.65. The van der Waals surface area contributed by atoms with Crippen LogP contribution in [0, 0.1) is 10.8 Å². The number of hydrogen-bond acceptors (Lipinski definition) is 14. The van der Waals surface area contributed by atoms with Gasteiger partial charge >= 0.3 is 23.9 Å².